The molecule has 0 spiro atoms. The molecule has 0 radical (unpaired) electrons. The first-order chi connectivity index (χ1) is 14.8. The van der Waals surface area contributed by atoms with E-state index in [1.807, 2.05) is 19.2 Å². The summed E-state index contributed by atoms with van der Waals surface area (Å²) in [5.41, 5.74) is 1.23. The van der Waals surface area contributed by atoms with Crippen molar-refractivity contribution < 1.29 is 9.15 Å². The van der Waals surface area contributed by atoms with Gasteiger partial charge in [-0.2, -0.15) is 0 Å². The monoisotopic (exact) mass is 410 g/mol. The topological polar surface area (TPSA) is 53.2 Å². The van der Waals surface area contributed by atoms with Crippen LogP contribution < -0.4 is 5.32 Å². The zero-order valence-corrected chi connectivity index (χ0v) is 18.0. The lowest BCUT2D eigenvalue weighted by Crippen LogP contribution is -2.44. The van der Waals surface area contributed by atoms with E-state index in [1.165, 1.54) is 18.4 Å². The van der Waals surface area contributed by atoms with Gasteiger partial charge in [0.25, 0.3) is 0 Å². The van der Waals surface area contributed by atoms with E-state index in [2.05, 4.69) is 50.4 Å². The predicted octanol–water partition coefficient (Wildman–Crippen LogP) is 3.53. The maximum atomic E-state index is 5.97. The van der Waals surface area contributed by atoms with Crippen LogP contribution in [0, 0.1) is 5.92 Å². The Balaban J connectivity index is 1.25. The molecular weight excluding hydrogens is 376 g/mol. The van der Waals surface area contributed by atoms with Crippen LogP contribution in [0.3, 0.4) is 0 Å². The number of likely N-dealkylation sites (tertiary alicyclic amines) is 2. The molecule has 162 valence electrons. The fraction of sp³-hybridized carbons (Fsp3) is 0.542. The number of hydrogen-bond acceptors (Lipinski definition) is 4. The average Bonchev–Trinajstić information content (AvgIpc) is 3.55. The van der Waals surface area contributed by atoms with Crippen LogP contribution in [0.5, 0.6) is 0 Å². The minimum Gasteiger partial charge on any atom is -0.468 e. The first-order valence-corrected chi connectivity index (χ1v) is 11.2. The molecule has 1 aromatic carbocycles. The summed E-state index contributed by atoms with van der Waals surface area (Å²) >= 11 is 0. The van der Waals surface area contributed by atoms with Gasteiger partial charge in [0.1, 0.15) is 5.76 Å². The van der Waals surface area contributed by atoms with Crippen molar-refractivity contribution in [1.82, 2.24) is 15.1 Å². The van der Waals surface area contributed by atoms with Gasteiger partial charge in [-0.05, 0) is 50.0 Å². The zero-order valence-electron chi connectivity index (χ0n) is 18.0. The second-order valence-electron chi connectivity index (χ2n) is 8.30. The Morgan fingerprint density at radius 2 is 2.00 bits per heavy atom. The molecule has 2 aromatic rings. The second kappa shape index (κ2) is 10.6. The highest BCUT2D eigenvalue weighted by atomic mass is 16.5. The molecule has 3 heterocycles. The molecule has 2 unspecified atom stereocenters. The van der Waals surface area contributed by atoms with Gasteiger partial charge < -0.3 is 19.4 Å². The Morgan fingerprint density at radius 1 is 1.17 bits per heavy atom. The second-order valence-corrected chi connectivity index (χ2v) is 8.30. The van der Waals surface area contributed by atoms with Gasteiger partial charge in [0.05, 0.1) is 25.5 Å². The number of benzene rings is 1. The Hall–Kier alpha value is -2.31. The molecule has 6 nitrogen and oxygen atoms in total. The number of rotatable bonds is 8. The van der Waals surface area contributed by atoms with E-state index in [0.29, 0.717) is 12.5 Å². The molecule has 4 rings (SSSR count). The van der Waals surface area contributed by atoms with Crippen LogP contribution in [0.25, 0.3) is 0 Å². The summed E-state index contributed by atoms with van der Waals surface area (Å²) in [5.74, 6) is 2.57. The van der Waals surface area contributed by atoms with Gasteiger partial charge in [-0.15, -0.1) is 0 Å². The lowest BCUT2D eigenvalue weighted by molar-refractivity contribution is 0.0906. The fourth-order valence-electron chi connectivity index (χ4n) is 4.54. The van der Waals surface area contributed by atoms with Crippen molar-refractivity contribution >= 4 is 5.96 Å². The van der Waals surface area contributed by atoms with E-state index in [4.69, 9.17) is 9.15 Å². The van der Waals surface area contributed by atoms with Crippen LogP contribution >= 0.6 is 0 Å². The van der Waals surface area contributed by atoms with E-state index < -0.39 is 0 Å². The lowest BCUT2D eigenvalue weighted by atomic mass is 10.1. The predicted molar refractivity (Wildman–Crippen MR) is 119 cm³/mol. The van der Waals surface area contributed by atoms with Crippen molar-refractivity contribution in [2.75, 3.05) is 46.4 Å². The molecule has 2 atom stereocenters. The van der Waals surface area contributed by atoms with Crippen molar-refractivity contribution in [1.29, 1.82) is 0 Å². The number of nitrogens with zero attached hydrogens (tertiary/aromatic N) is 3. The van der Waals surface area contributed by atoms with E-state index >= 15 is 0 Å². The third-order valence-corrected chi connectivity index (χ3v) is 6.17. The summed E-state index contributed by atoms with van der Waals surface area (Å²) in [6.45, 7) is 6.58. The summed E-state index contributed by atoms with van der Waals surface area (Å²) in [6, 6.07) is 14.7. The smallest absolute Gasteiger partial charge is 0.193 e. The summed E-state index contributed by atoms with van der Waals surface area (Å²) in [6.07, 6.45) is 5.45. The first-order valence-electron chi connectivity index (χ1n) is 11.2. The van der Waals surface area contributed by atoms with Crippen LogP contribution in [0.15, 0.2) is 58.1 Å². The van der Waals surface area contributed by atoms with Gasteiger partial charge in [-0.1, -0.05) is 30.3 Å². The lowest BCUT2D eigenvalue weighted by Gasteiger charge is -2.28. The number of guanidine groups is 1. The highest BCUT2D eigenvalue weighted by Crippen LogP contribution is 2.25. The van der Waals surface area contributed by atoms with Gasteiger partial charge >= 0.3 is 0 Å². The van der Waals surface area contributed by atoms with Crippen molar-refractivity contribution in [3.8, 4) is 0 Å². The number of aliphatic imine (C=N–C) groups is 1. The number of hydrogen-bond donors (Lipinski definition) is 1. The zero-order chi connectivity index (χ0) is 20.6. The van der Waals surface area contributed by atoms with E-state index in [0.717, 1.165) is 57.5 Å². The molecule has 2 aliphatic rings. The van der Waals surface area contributed by atoms with Crippen LogP contribution in [0.4, 0.5) is 0 Å². The molecule has 30 heavy (non-hydrogen) atoms. The molecule has 0 bridgehead atoms. The van der Waals surface area contributed by atoms with Gasteiger partial charge in [-0.25, -0.2) is 0 Å². The normalized spacial score (nSPS) is 21.3. The summed E-state index contributed by atoms with van der Waals surface area (Å²) in [7, 11) is 1.87. The van der Waals surface area contributed by atoms with Crippen molar-refractivity contribution in [3.05, 3.63) is 60.1 Å². The minimum absolute atomic E-state index is 0.256. The standard InChI is InChI=1S/C24H34N4O2/c1-25-24(26-16-22(23-10-7-15-30-23)27-12-5-6-13-27)28-14-11-21(17-28)19-29-18-20-8-3-2-4-9-20/h2-4,7-10,15,21-22H,5-6,11-14,16-19H2,1H3,(H,25,26). The largest absolute Gasteiger partial charge is 0.468 e. The SMILES string of the molecule is CN=C(NCC(c1ccco1)N1CCCC1)N1CCC(COCc2ccccc2)C1. The maximum Gasteiger partial charge on any atom is 0.193 e. The van der Waals surface area contributed by atoms with Crippen molar-refractivity contribution in [2.45, 2.75) is 31.9 Å². The number of ether oxygens (including phenoxy) is 1. The van der Waals surface area contributed by atoms with Gasteiger partial charge in [0.2, 0.25) is 0 Å². The van der Waals surface area contributed by atoms with Gasteiger partial charge in [0.15, 0.2) is 5.96 Å². The molecule has 6 heteroatoms. The summed E-state index contributed by atoms with van der Waals surface area (Å²) in [4.78, 5) is 9.43. The van der Waals surface area contributed by atoms with Crippen LogP contribution in [-0.2, 0) is 11.3 Å². The maximum absolute atomic E-state index is 5.97. The Morgan fingerprint density at radius 3 is 2.73 bits per heavy atom. The molecule has 1 N–H and O–H groups in total. The molecule has 0 aliphatic carbocycles. The average molecular weight is 411 g/mol. The van der Waals surface area contributed by atoms with E-state index in [-0.39, 0.29) is 6.04 Å². The first kappa shape index (κ1) is 20.9. The Bertz CT molecular complexity index is 772. The van der Waals surface area contributed by atoms with Gasteiger partial charge in [-0.3, -0.25) is 9.89 Å². The molecule has 0 saturated carbocycles. The third kappa shape index (κ3) is 5.43. The molecule has 2 fully saturated rings. The Labute approximate surface area is 179 Å². The molecule has 2 aliphatic heterocycles. The van der Waals surface area contributed by atoms with Crippen LogP contribution in [-0.4, -0.2) is 62.1 Å². The van der Waals surface area contributed by atoms with Crippen molar-refractivity contribution in [3.63, 3.8) is 0 Å². The Kier molecular flexibility index (Phi) is 7.43. The summed E-state index contributed by atoms with van der Waals surface area (Å²) in [5, 5.41) is 3.61. The third-order valence-electron chi connectivity index (χ3n) is 6.17. The molecule has 2 saturated heterocycles. The molecule has 1 aromatic heterocycles. The summed E-state index contributed by atoms with van der Waals surface area (Å²) < 4.78 is 11.7. The highest BCUT2D eigenvalue weighted by Gasteiger charge is 2.28. The van der Waals surface area contributed by atoms with Crippen molar-refractivity contribution in [2.24, 2.45) is 10.9 Å². The molecule has 0 amide bonds. The van der Waals surface area contributed by atoms with Gasteiger partial charge in [0, 0.05) is 32.6 Å². The quantitative estimate of drug-likeness (QED) is 0.533. The van der Waals surface area contributed by atoms with Crippen LogP contribution in [0.1, 0.15) is 36.6 Å². The fourth-order valence-corrected chi connectivity index (χ4v) is 4.54. The van der Waals surface area contributed by atoms with Crippen LogP contribution in [0.2, 0.25) is 0 Å². The molecular formula is C24H34N4O2. The van der Waals surface area contributed by atoms with E-state index in [1.54, 1.807) is 6.26 Å². The number of furan rings is 1. The highest BCUT2D eigenvalue weighted by molar-refractivity contribution is 5.80. The number of nitrogens with one attached hydrogen (secondary N) is 1. The van der Waals surface area contributed by atoms with E-state index in [9.17, 15) is 0 Å². The minimum atomic E-state index is 0.256.